The van der Waals surface area contributed by atoms with Gasteiger partial charge in [-0.25, -0.2) is 9.78 Å². The number of amides is 1. The molecule has 0 aliphatic heterocycles. The van der Waals surface area contributed by atoms with Crippen molar-refractivity contribution in [2.24, 2.45) is 7.05 Å². The maximum atomic E-state index is 11.7. The monoisotopic (exact) mass is 246 g/mol. The summed E-state index contributed by atoms with van der Waals surface area (Å²) in [6, 6.07) is 1.33. The Bertz CT molecular complexity index is 606. The van der Waals surface area contributed by atoms with Gasteiger partial charge in [0.05, 0.1) is 23.8 Å². The number of carboxylic acids is 1. The normalized spacial score (nSPS) is 10.1. The van der Waals surface area contributed by atoms with Crippen LogP contribution in [0.15, 0.2) is 31.0 Å². The maximum absolute atomic E-state index is 11.7. The number of aromatic nitrogens is 3. The van der Waals surface area contributed by atoms with Gasteiger partial charge in [-0.1, -0.05) is 0 Å². The van der Waals surface area contributed by atoms with Crippen molar-refractivity contribution in [1.82, 2.24) is 14.5 Å². The fourth-order valence-electron chi connectivity index (χ4n) is 1.35. The molecule has 2 aromatic rings. The molecule has 0 aliphatic carbocycles. The zero-order valence-corrected chi connectivity index (χ0v) is 9.49. The molecule has 0 saturated carbocycles. The Morgan fingerprint density at radius 1 is 1.39 bits per heavy atom. The summed E-state index contributed by atoms with van der Waals surface area (Å²) in [6.07, 6.45) is 5.64. The second kappa shape index (κ2) is 4.66. The Morgan fingerprint density at radius 3 is 2.78 bits per heavy atom. The van der Waals surface area contributed by atoms with Crippen LogP contribution >= 0.6 is 0 Å². The first-order valence-electron chi connectivity index (χ1n) is 5.04. The van der Waals surface area contributed by atoms with E-state index in [4.69, 9.17) is 5.11 Å². The highest BCUT2D eigenvalue weighted by molar-refractivity contribution is 6.03. The molecule has 0 radical (unpaired) electrons. The number of rotatable bonds is 3. The van der Waals surface area contributed by atoms with Crippen molar-refractivity contribution in [3.8, 4) is 0 Å². The molecule has 7 nitrogen and oxygen atoms in total. The minimum Gasteiger partial charge on any atom is -0.478 e. The van der Waals surface area contributed by atoms with E-state index in [1.54, 1.807) is 17.8 Å². The number of carbonyl (C=O) groups excluding carboxylic acids is 1. The summed E-state index contributed by atoms with van der Waals surface area (Å²) in [4.78, 5) is 30.1. The second-order valence-electron chi connectivity index (χ2n) is 3.65. The van der Waals surface area contributed by atoms with Crippen molar-refractivity contribution in [3.05, 3.63) is 42.2 Å². The Kier molecular flexibility index (Phi) is 3.05. The summed E-state index contributed by atoms with van der Waals surface area (Å²) in [7, 11) is 1.75. The molecule has 0 aromatic carbocycles. The zero-order chi connectivity index (χ0) is 13.1. The standard InChI is InChI=1S/C11H10N4O3/c1-15-5-9(13-6-15)10(16)14-8-2-7(11(17)18)3-12-4-8/h2-6H,1H3,(H,14,16)(H,17,18). The van der Waals surface area contributed by atoms with E-state index in [0.717, 1.165) is 0 Å². The molecule has 0 unspecified atom stereocenters. The number of nitrogens with one attached hydrogen (secondary N) is 1. The van der Waals surface area contributed by atoms with Crippen LogP contribution in [0.4, 0.5) is 5.69 Å². The Hall–Kier alpha value is -2.70. The highest BCUT2D eigenvalue weighted by atomic mass is 16.4. The highest BCUT2D eigenvalue weighted by Crippen LogP contribution is 2.09. The molecule has 0 atom stereocenters. The van der Waals surface area contributed by atoms with E-state index < -0.39 is 11.9 Å². The van der Waals surface area contributed by atoms with Crippen LogP contribution in [-0.2, 0) is 7.05 Å². The third-order valence-corrected chi connectivity index (χ3v) is 2.18. The molecule has 0 saturated heterocycles. The van der Waals surface area contributed by atoms with E-state index in [1.807, 2.05) is 0 Å². The molecule has 1 amide bonds. The lowest BCUT2D eigenvalue weighted by Crippen LogP contribution is -2.13. The van der Waals surface area contributed by atoms with E-state index in [0.29, 0.717) is 5.69 Å². The number of carboxylic acid groups (broad SMARTS) is 1. The van der Waals surface area contributed by atoms with Gasteiger partial charge < -0.3 is 15.0 Å². The minimum atomic E-state index is -1.10. The van der Waals surface area contributed by atoms with Crippen LogP contribution in [-0.4, -0.2) is 31.5 Å². The van der Waals surface area contributed by atoms with Crippen molar-refractivity contribution < 1.29 is 14.7 Å². The Morgan fingerprint density at radius 2 is 2.17 bits per heavy atom. The lowest BCUT2D eigenvalue weighted by Gasteiger charge is -2.03. The van der Waals surface area contributed by atoms with Gasteiger partial charge in [-0.05, 0) is 6.07 Å². The second-order valence-corrected chi connectivity index (χ2v) is 3.65. The number of aromatic carboxylic acids is 1. The van der Waals surface area contributed by atoms with Crippen molar-refractivity contribution in [2.45, 2.75) is 0 Å². The van der Waals surface area contributed by atoms with Gasteiger partial charge in [0.2, 0.25) is 0 Å². The maximum Gasteiger partial charge on any atom is 0.337 e. The summed E-state index contributed by atoms with van der Waals surface area (Å²) in [5.74, 6) is -1.52. The van der Waals surface area contributed by atoms with Crippen molar-refractivity contribution >= 4 is 17.6 Å². The quantitative estimate of drug-likeness (QED) is 0.833. The number of pyridine rings is 1. The molecule has 2 heterocycles. The topological polar surface area (TPSA) is 97.1 Å². The van der Waals surface area contributed by atoms with Gasteiger partial charge in [0.1, 0.15) is 5.69 Å². The summed E-state index contributed by atoms with van der Waals surface area (Å²) >= 11 is 0. The Balaban J connectivity index is 2.16. The molecule has 92 valence electrons. The highest BCUT2D eigenvalue weighted by Gasteiger charge is 2.10. The third-order valence-electron chi connectivity index (χ3n) is 2.18. The first kappa shape index (κ1) is 11.8. The molecule has 7 heteroatoms. The van der Waals surface area contributed by atoms with Crippen LogP contribution in [0.25, 0.3) is 0 Å². The Labute approximate surface area is 102 Å². The number of aryl methyl sites for hydroxylation is 1. The smallest absolute Gasteiger partial charge is 0.337 e. The van der Waals surface area contributed by atoms with Gasteiger partial charge in [-0.2, -0.15) is 0 Å². The predicted molar refractivity (Wildman–Crippen MR) is 62.4 cm³/mol. The van der Waals surface area contributed by atoms with E-state index in [2.05, 4.69) is 15.3 Å². The van der Waals surface area contributed by atoms with Gasteiger partial charge in [0.25, 0.3) is 5.91 Å². The van der Waals surface area contributed by atoms with Gasteiger partial charge in [0, 0.05) is 19.4 Å². The molecule has 18 heavy (non-hydrogen) atoms. The minimum absolute atomic E-state index is 0.00817. The number of carbonyl (C=O) groups is 2. The molecule has 0 bridgehead atoms. The number of hydrogen-bond acceptors (Lipinski definition) is 4. The van der Waals surface area contributed by atoms with Crippen LogP contribution in [0.1, 0.15) is 20.8 Å². The molecule has 2 aromatic heterocycles. The van der Waals surface area contributed by atoms with Gasteiger partial charge in [-0.3, -0.25) is 9.78 Å². The van der Waals surface area contributed by atoms with Crippen LogP contribution in [0.2, 0.25) is 0 Å². The summed E-state index contributed by atoms with van der Waals surface area (Å²) < 4.78 is 1.64. The first-order chi connectivity index (χ1) is 8.56. The number of imidazole rings is 1. The van der Waals surface area contributed by atoms with Crippen molar-refractivity contribution in [1.29, 1.82) is 0 Å². The number of anilines is 1. The molecule has 2 N–H and O–H groups in total. The lowest BCUT2D eigenvalue weighted by molar-refractivity contribution is 0.0696. The predicted octanol–water partition coefficient (Wildman–Crippen LogP) is 0.766. The van der Waals surface area contributed by atoms with Crippen LogP contribution in [0.3, 0.4) is 0 Å². The van der Waals surface area contributed by atoms with E-state index in [-0.39, 0.29) is 11.3 Å². The lowest BCUT2D eigenvalue weighted by atomic mass is 10.2. The number of hydrogen-bond donors (Lipinski definition) is 2. The van der Waals surface area contributed by atoms with Crippen LogP contribution in [0.5, 0.6) is 0 Å². The molecule has 0 aliphatic rings. The van der Waals surface area contributed by atoms with E-state index in [9.17, 15) is 9.59 Å². The van der Waals surface area contributed by atoms with Crippen molar-refractivity contribution in [2.75, 3.05) is 5.32 Å². The van der Waals surface area contributed by atoms with E-state index in [1.165, 1.54) is 24.8 Å². The van der Waals surface area contributed by atoms with Gasteiger partial charge >= 0.3 is 5.97 Å². The largest absolute Gasteiger partial charge is 0.478 e. The summed E-state index contributed by atoms with van der Waals surface area (Å²) in [5.41, 5.74) is 0.567. The van der Waals surface area contributed by atoms with Crippen LogP contribution in [0, 0.1) is 0 Å². The molecular weight excluding hydrogens is 236 g/mol. The van der Waals surface area contributed by atoms with E-state index >= 15 is 0 Å². The zero-order valence-electron chi connectivity index (χ0n) is 9.49. The average molecular weight is 246 g/mol. The summed E-state index contributed by atoms with van der Waals surface area (Å²) in [5, 5.41) is 11.3. The first-order valence-corrected chi connectivity index (χ1v) is 5.04. The number of nitrogens with zero attached hydrogens (tertiary/aromatic N) is 3. The molecule has 2 rings (SSSR count). The average Bonchev–Trinajstić information content (AvgIpc) is 2.76. The molecule has 0 spiro atoms. The molecular formula is C11H10N4O3. The summed E-state index contributed by atoms with van der Waals surface area (Å²) in [6.45, 7) is 0. The van der Waals surface area contributed by atoms with Gasteiger partial charge in [-0.15, -0.1) is 0 Å². The molecule has 0 fully saturated rings. The SMILES string of the molecule is Cn1cnc(C(=O)Nc2cncc(C(=O)O)c2)c1. The third kappa shape index (κ3) is 2.51. The fourth-order valence-corrected chi connectivity index (χ4v) is 1.35. The van der Waals surface area contributed by atoms with Gasteiger partial charge in [0.15, 0.2) is 0 Å². The van der Waals surface area contributed by atoms with Crippen LogP contribution < -0.4 is 5.32 Å². The van der Waals surface area contributed by atoms with Crippen molar-refractivity contribution in [3.63, 3.8) is 0 Å². The fraction of sp³-hybridized carbons (Fsp3) is 0.0909.